The smallest absolute Gasteiger partial charge is 0.278 e. The minimum Gasteiger partial charge on any atom is -0.382 e. The van der Waals surface area contributed by atoms with E-state index in [1.807, 2.05) is 18.2 Å². The van der Waals surface area contributed by atoms with Gasteiger partial charge in [0.25, 0.3) is 5.91 Å². The second-order valence-corrected chi connectivity index (χ2v) is 10.8. The summed E-state index contributed by atoms with van der Waals surface area (Å²) < 4.78 is 38.6. The van der Waals surface area contributed by atoms with Crippen LogP contribution in [0.3, 0.4) is 0 Å². The van der Waals surface area contributed by atoms with E-state index in [1.165, 1.54) is 22.6 Å². The Kier molecular flexibility index (Phi) is 9.37. The van der Waals surface area contributed by atoms with Gasteiger partial charge in [-0.15, -0.1) is 0 Å². The average molecular weight is 541 g/mol. The van der Waals surface area contributed by atoms with Crippen LogP contribution in [0, 0.1) is 0 Å². The van der Waals surface area contributed by atoms with E-state index in [4.69, 9.17) is 15.2 Å². The monoisotopic (exact) mass is 540 g/mol. The summed E-state index contributed by atoms with van der Waals surface area (Å²) >= 11 is 0. The first-order chi connectivity index (χ1) is 18.3. The highest BCUT2D eigenvalue weighted by Crippen LogP contribution is 2.23. The molecular formula is C26H32N6O5S. The van der Waals surface area contributed by atoms with E-state index in [-0.39, 0.29) is 16.4 Å². The molecule has 2 aliphatic rings. The zero-order valence-corrected chi connectivity index (χ0v) is 22.0. The van der Waals surface area contributed by atoms with Gasteiger partial charge < -0.3 is 25.8 Å². The molecule has 0 atom stereocenters. The highest BCUT2D eigenvalue weighted by molar-refractivity contribution is 7.89. The van der Waals surface area contributed by atoms with Crippen LogP contribution in [0.4, 0.5) is 11.5 Å². The van der Waals surface area contributed by atoms with E-state index in [2.05, 4.69) is 20.6 Å². The number of rotatable bonds is 0. The minimum absolute atomic E-state index is 0.0154. The van der Waals surface area contributed by atoms with Crippen LogP contribution in [-0.4, -0.2) is 75.1 Å². The molecule has 38 heavy (non-hydrogen) atoms. The normalized spacial score (nSPS) is 18.2. The van der Waals surface area contributed by atoms with Crippen molar-refractivity contribution in [1.29, 1.82) is 0 Å². The molecule has 0 saturated carbocycles. The molecule has 4 N–H and O–H groups in total. The quantitative estimate of drug-likeness (QED) is 0.365. The van der Waals surface area contributed by atoms with E-state index in [0.717, 1.165) is 5.56 Å². The van der Waals surface area contributed by atoms with Crippen molar-refractivity contribution in [2.75, 3.05) is 57.6 Å². The van der Waals surface area contributed by atoms with Gasteiger partial charge in [0.2, 0.25) is 10.0 Å². The largest absolute Gasteiger partial charge is 0.382 e. The third kappa shape index (κ3) is 7.11. The first-order valence-corrected chi connectivity index (χ1v) is 13.7. The molecule has 0 unspecified atom stereocenters. The Labute approximate surface area is 222 Å². The van der Waals surface area contributed by atoms with Crippen molar-refractivity contribution in [2.24, 2.45) is 0 Å². The SMILES string of the molecule is CN1CCCNCCOCCOCc2cccc(c2)NC(=O)c2nc(cnc2N)-c2ccc(cc2)S1(=O)=O. The molecule has 202 valence electrons. The molecule has 0 spiro atoms. The lowest BCUT2D eigenvalue weighted by atomic mass is 10.1. The summed E-state index contributed by atoms with van der Waals surface area (Å²) in [6.07, 6.45) is 2.10. The van der Waals surface area contributed by atoms with Gasteiger partial charge in [0, 0.05) is 31.4 Å². The fraction of sp³-hybridized carbons (Fsp3) is 0.346. The Morgan fingerprint density at radius 2 is 1.82 bits per heavy atom. The molecule has 0 radical (unpaired) electrons. The number of hydrogen-bond acceptors (Lipinski definition) is 9. The zero-order chi connectivity index (χ0) is 27.0. The second kappa shape index (κ2) is 12.9. The standard InChI is InChI=1S/C26H32N6O5S/c1-32-12-3-10-28-11-13-36-14-15-37-18-19-4-2-5-21(16-19)30-26(33)24-25(27)29-17-23(31-24)20-6-8-22(9-7-20)38(32,34)35/h2,4-9,16-17,28H,3,10-15,18H2,1H3,(H2,27,29)(H,30,33). The number of benzene rings is 2. The summed E-state index contributed by atoms with van der Waals surface area (Å²) in [5.41, 5.74) is 8.38. The van der Waals surface area contributed by atoms with Crippen LogP contribution in [0.5, 0.6) is 0 Å². The van der Waals surface area contributed by atoms with Gasteiger partial charge in [-0.2, -0.15) is 0 Å². The zero-order valence-electron chi connectivity index (χ0n) is 21.2. The molecule has 12 heteroatoms. The fourth-order valence-corrected chi connectivity index (χ4v) is 5.05. The van der Waals surface area contributed by atoms with E-state index in [0.29, 0.717) is 69.4 Å². The van der Waals surface area contributed by atoms with E-state index < -0.39 is 15.9 Å². The topological polar surface area (TPSA) is 149 Å². The van der Waals surface area contributed by atoms with Crippen LogP contribution in [0.1, 0.15) is 22.5 Å². The van der Waals surface area contributed by atoms with E-state index >= 15 is 0 Å². The molecule has 1 aromatic heterocycles. The molecule has 0 saturated heterocycles. The molecule has 6 bridgehead atoms. The molecular weight excluding hydrogens is 508 g/mol. The average Bonchev–Trinajstić information content (AvgIpc) is 2.91. The third-order valence-corrected chi connectivity index (χ3v) is 7.82. The van der Waals surface area contributed by atoms with Crippen molar-refractivity contribution in [2.45, 2.75) is 17.9 Å². The van der Waals surface area contributed by atoms with Crippen molar-refractivity contribution in [3.63, 3.8) is 0 Å². The maximum atomic E-state index is 13.0. The first kappa shape index (κ1) is 27.6. The molecule has 2 aromatic carbocycles. The van der Waals surface area contributed by atoms with Crippen LogP contribution in [0.2, 0.25) is 0 Å². The first-order valence-electron chi connectivity index (χ1n) is 12.3. The maximum Gasteiger partial charge on any atom is 0.278 e. The van der Waals surface area contributed by atoms with Gasteiger partial charge in [0.1, 0.15) is 0 Å². The van der Waals surface area contributed by atoms with Crippen molar-refractivity contribution in [3.05, 3.63) is 66.0 Å². The Balaban J connectivity index is 1.58. The number of amides is 1. The van der Waals surface area contributed by atoms with Gasteiger partial charge in [0.15, 0.2) is 11.5 Å². The summed E-state index contributed by atoms with van der Waals surface area (Å²) in [5, 5.41) is 6.06. The number of hydrogen-bond donors (Lipinski definition) is 3. The summed E-state index contributed by atoms with van der Waals surface area (Å²) in [4.78, 5) is 21.7. The number of anilines is 2. The maximum absolute atomic E-state index is 13.0. The minimum atomic E-state index is -3.66. The van der Waals surface area contributed by atoms with Gasteiger partial charge in [-0.1, -0.05) is 24.3 Å². The van der Waals surface area contributed by atoms with E-state index in [9.17, 15) is 13.2 Å². The number of sulfonamides is 1. The Bertz CT molecular complexity index is 1350. The lowest BCUT2D eigenvalue weighted by molar-refractivity contribution is 0.0416. The molecule has 2 aliphatic heterocycles. The molecule has 1 amide bonds. The van der Waals surface area contributed by atoms with Crippen LogP contribution in [0.15, 0.2) is 59.6 Å². The summed E-state index contributed by atoms with van der Waals surface area (Å²) in [7, 11) is -2.10. The van der Waals surface area contributed by atoms with Gasteiger partial charge in [-0.3, -0.25) is 4.79 Å². The predicted octanol–water partition coefficient (Wildman–Crippen LogP) is 2.13. The van der Waals surface area contributed by atoms with Crippen LogP contribution in [-0.2, 0) is 26.1 Å². The molecule has 0 aliphatic carbocycles. The number of aromatic nitrogens is 2. The number of nitrogens with zero attached hydrogens (tertiary/aromatic N) is 3. The second-order valence-electron chi connectivity index (χ2n) is 8.76. The molecule has 0 fully saturated rings. The van der Waals surface area contributed by atoms with Gasteiger partial charge in [0.05, 0.1) is 43.2 Å². The lowest BCUT2D eigenvalue weighted by Crippen LogP contribution is -2.30. The number of carbonyl (C=O) groups excluding carboxylic acids is 1. The predicted molar refractivity (Wildman–Crippen MR) is 144 cm³/mol. The molecule has 3 heterocycles. The molecule has 11 nitrogen and oxygen atoms in total. The highest BCUT2D eigenvalue weighted by Gasteiger charge is 2.21. The van der Waals surface area contributed by atoms with Gasteiger partial charge in [-0.05, 0) is 42.8 Å². The van der Waals surface area contributed by atoms with Crippen molar-refractivity contribution < 1.29 is 22.7 Å². The number of carbonyl (C=O) groups is 1. The van der Waals surface area contributed by atoms with Crippen molar-refractivity contribution >= 4 is 27.4 Å². The van der Waals surface area contributed by atoms with Crippen molar-refractivity contribution in [1.82, 2.24) is 19.6 Å². The number of nitrogen functional groups attached to an aromatic ring is 1. The number of nitrogens with one attached hydrogen (secondary N) is 2. The van der Waals surface area contributed by atoms with Crippen LogP contribution in [0.25, 0.3) is 11.3 Å². The number of nitrogens with two attached hydrogens (primary N) is 1. The Hall–Kier alpha value is -3.42. The number of ether oxygens (including phenoxy) is 2. The summed E-state index contributed by atoms with van der Waals surface area (Å²) in [5.74, 6) is -0.526. The fourth-order valence-electron chi connectivity index (χ4n) is 3.84. The Morgan fingerprint density at radius 3 is 2.63 bits per heavy atom. The van der Waals surface area contributed by atoms with Gasteiger partial charge in [-0.25, -0.2) is 22.7 Å². The van der Waals surface area contributed by atoms with Crippen LogP contribution >= 0.6 is 0 Å². The summed E-state index contributed by atoms with van der Waals surface area (Å²) in [6.45, 7) is 3.47. The van der Waals surface area contributed by atoms with Crippen molar-refractivity contribution in [3.8, 4) is 11.3 Å². The molecule has 5 rings (SSSR count). The summed E-state index contributed by atoms with van der Waals surface area (Å²) in [6, 6.07) is 13.6. The van der Waals surface area contributed by atoms with Crippen LogP contribution < -0.4 is 16.4 Å². The number of fused-ring (bicyclic) bond motifs is 15. The highest BCUT2D eigenvalue weighted by atomic mass is 32.2. The Morgan fingerprint density at radius 1 is 1.03 bits per heavy atom. The van der Waals surface area contributed by atoms with Gasteiger partial charge >= 0.3 is 0 Å². The van der Waals surface area contributed by atoms with E-state index in [1.54, 1.807) is 25.2 Å². The molecule has 3 aromatic rings. The third-order valence-electron chi connectivity index (χ3n) is 5.95. The lowest BCUT2D eigenvalue weighted by Gasteiger charge is -2.17.